The molecule has 2 aromatic carbocycles. The van der Waals surface area contributed by atoms with E-state index in [9.17, 15) is 13.2 Å². The molecule has 1 amide bonds. The van der Waals surface area contributed by atoms with Crippen LogP contribution in [0.5, 0.6) is 0 Å². The van der Waals surface area contributed by atoms with Gasteiger partial charge in [-0.15, -0.1) is 0 Å². The summed E-state index contributed by atoms with van der Waals surface area (Å²) in [5.74, 6) is 0.464. The second-order valence-corrected chi connectivity index (χ2v) is 9.79. The Hall–Kier alpha value is -2.34. The molecule has 0 saturated heterocycles. The van der Waals surface area contributed by atoms with Gasteiger partial charge >= 0.3 is 0 Å². The fourth-order valence-electron chi connectivity index (χ4n) is 3.30. The summed E-state index contributed by atoms with van der Waals surface area (Å²) in [5, 5.41) is 3.02. The van der Waals surface area contributed by atoms with Gasteiger partial charge in [0.05, 0.1) is 10.3 Å². The third-order valence-electron chi connectivity index (χ3n) is 5.18. The lowest BCUT2D eigenvalue weighted by Crippen LogP contribution is -2.36. The number of hydrogen-bond acceptors (Lipinski definition) is 3. The molecule has 1 saturated carbocycles. The second-order valence-electron chi connectivity index (χ2n) is 8.14. The third-order valence-corrected chi connectivity index (χ3v) is 6.70. The Kier molecular flexibility index (Phi) is 5.53. The predicted molar refractivity (Wildman–Crippen MR) is 112 cm³/mol. The highest BCUT2D eigenvalue weighted by atomic mass is 32.2. The minimum atomic E-state index is -3.66. The number of anilines is 1. The maximum absolute atomic E-state index is 12.8. The lowest BCUT2D eigenvalue weighted by atomic mass is 9.94. The lowest BCUT2D eigenvalue weighted by molar-refractivity contribution is -0.123. The number of carbonyl (C=O) groups is 1. The van der Waals surface area contributed by atoms with Gasteiger partial charge in [0, 0.05) is 12.2 Å². The van der Waals surface area contributed by atoms with Crippen LogP contribution < -0.4 is 10.0 Å². The van der Waals surface area contributed by atoms with Crippen molar-refractivity contribution in [1.82, 2.24) is 5.32 Å². The molecule has 0 spiro atoms. The van der Waals surface area contributed by atoms with Crippen LogP contribution in [0.2, 0.25) is 0 Å². The molecule has 2 N–H and O–H groups in total. The first-order valence-electron chi connectivity index (χ1n) is 9.63. The second kappa shape index (κ2) is 7.59. The minimum Gasteiger partial charge on any atom is -0.355 e. The Morgan fingerprint density at radius 2 is 1.71 bits per heavy atom. The number of sulfonamides is 1. The van der Waals surface area contributed by atoms with Crippen LogP contribution in [0.4, 0.5) is 5.69 Å². The molecule has 1 aliphatic rings. The topological polar surface area (TPSA) is 75.3 Å². The molecular weight excluding hydrogens is 372 g/mol. The highest BCUT2D eigenvalue weighted by Gasteiger charge is 2.51. The van der Waals surface area contributed by atoms with Crippen LogP contribution in [0.25, 0.3) is 0 Å². The van der Waals surface area contributed by atoms with E-state index in [1.54, 1.807) is 31.2 Å². The molecule has 0 bridgehead atoms. The van der Waals surface area contributed by atoms with Gasteiger partial charge in [-0.2, -0.15) is 0 Å². The molecule has 28 heavy (non-hydrogen) atoms. The number of carbonyl (C=O) groups excluding carboxylic acids is 1. The SMILES string of the molecule is Cc1ccc(C)c(S(=O)(=O)Nc2ccc(C3(C(=O)NCC(C)C)CC3)cc2)c1. The van der Waals surface area contributed by atoms with Crippen LogP contribution in [0.3, 0.4) is 0 Å². The van der Waals surface area contributed by atoms with E-state index in [0.29, 0.717) is 23.7 Å². The average Bonchev–Trinajstić information content (AvgIpc) is 3.44. The molecule has 5 nitrogen and oxygen atoms in total. The van der Waals surface area contributed by atoms with Crippen molar-refractivity contribution in [2.45, 2.75) is 50.8 Å². The number of amides is 1. The van der Waals surface area contributed by atoms with Crippen molar-refractivity contribution in [2.24, 2.45) is 5.92 Å². The molecule has 0 unspecified atom stereocenters. The van der Waals surface area contributed by atoms with Crippen LogP contribution in [-0.2, 0) is 20.2 Å². The normalized spacial score (nSPS) is 15.3. The van der Waals surface area contributed by atoms with E-state index in [0.717, 1.165) is 24.0 Å². The first-order valence-corrected chi connectivity index (χ1v) is 11.1. The molecule has 1 fully saturated rings. The van der Waals surface area contributed by atoms with Crippen molar-refractivity contribution >= 4 is 21.6 Å². The molecule has 6 heteroatoms. The summed E-state index contributed by atoms with van der Waals surface area (Å²) >= 11 is 0. The van der Waals surface area contributed by atoms with E-state index in [4.69, 9.17) is 0 Å². The standard InChI is InChI=1S/C22H28N2O3S/c1-15(2)14-23-21(25)22(11-12-22)18-7-9-19(10-8-18)24-28(26,27)20-13-16(3)5-6-17(20)4/h5-10,13,15,24H,11-12,14H2,1-4H3,(H,23,25). The van der Waals surface area contributed by atoms with E-state index in [2.05, 4.69) is 23.9 Å². The monoisotopic (exact) mass is 400 g/mol. The maximum Gasteiger partial charge on any atom is 0.262 e. The van der Waals surface area contributed by atoms with Gasteiger partial charge in [0.1, 0.15) is 0 Å². The Morgan fingerprint density at radius 3 is 2.29 bits per heavy atom. The highest BCUT2D eigenvalue weighted by molar-refractivity contribution is 7.92. The molecule has 150 valence electrons. The van der Waals surface area contributed by atoms with Crippen LogP contribution in [0.1, 0.15) is 43.4 Å². The molecule has 0 radical (unpaired) electrons. The predicted octanol–water partition coefficient (Wildman–Crippen LogP) is 3.91. The van der Waals surface area contributed by atoms with E-state index >= 15 is 0 Å². The van der Waals surface area contributed by atoms with Gasteiger partial charge in [-0.25, -0.2) is 8.42 Å². The molecular formula is C22H28N2O3S. The van der Waals surface area contributed by atoms with Crippen molar-refractivity contribution in [2.75, 3.05) is 11.3 Å². The summed E-state index contributed by atoms with van der Waals surface area (Å²) in [4.78, 5) is 12.9. The van der Waals surface area contributed by atoms with E-state index in [1.807, 2.05) is 25.1 Å². The first kappa shape index (κ1) is 20.4. The van der Waals surface area contributed by atoms with Gasteiger partial charge < -0.3 is 5.32 Å². The highest BCUT2D eigenvalue weighted by Crippen LogP contribution is 2.48. The van der Waals surface area contributed by atoms with Gasteiger partial charge in [0.25, 0.3) is 10.0 Å². The van der Waals surface area contributed by atoms with Crippen LogP contribution in [0, 0.1) is 19.8 Å². The molecule has 0 atom stereocenters. The van der Waals surface area contributed by atoms with Gasteiger partial charge in [-0.1, -0.05) is 38.1 Å². The molecule has 0 aliphatic heterocycles. The fourth-order valence-corrected chi connectivity index (χ4v) is 4.69. The number of aryl methyl sites for hydroxylation is 2. The maximum atomic E-state index is 12.8. The zero-order valence-corrected chi connectivity index (χ0v) is 17.7. The molecule has 0 heterocycles. The van der Waals surface area contributed by atoms with Crippen molar-refractivity contribution in [3.8, 4) is 0 Å². The minimum absolute atomic E-state index is 0.0601. The van der Waals surface area contributed by atoms with Crippen LogP contribution in [-0.4, -0.2) is 20.9 Å². The van der Waals surface area contributed by atoms with E-state index in [1.165, 1.54) is 0 Å². The Balaban J connectivity index is 1.76. The largest absolute Gasteiger partial charge is 0.355 e. The van der Waals surface area contributed by atoms with Crippen LogP contribution >= 0.6 is 0 Å². The molecule has 3 rings (SSSR count). The van der Waals surface area contributed by atoms with Crippen molar-refractivity contribution in [3.05, 3.63) is 59.2 Å². The third kappa shape index (κ3) is 4.22. The average molecular weight is 401 g/mol. The molecule has 0 aromatic heterocycles. The molecule has 1 aliphatic carbocycles. The van der Waals surface area contributed by atoms with Gasteiger partial charge in [-0.05, 0) is 67.5 Å². The van der Waals surface area contributed by atoms with Gasteiger partial charge in [0.15, 0.2) is 0 Å². The Morgan fingerprint density at radius 1 is 1.07 bits per heavy atom. The van der Waals surface area contributed by atoms with Crippen molar-refractivity contribution < 1.29 is 13.2 Å². The Labute approximate surface area is 167 Å². The number of hydrogen-bond donors (Lipinski definition) is 2. The fraction of sp³-hybridized carbons (Fsp3) is 0.409. The van der Waals surface area contributed by atoms with Gasteiger partial charge in [-0.3, -0.25) is 9.52 Å². The van der Waals surface area contributed by atoms with Crippen molar-refractivity contribution in [3.63, 3.8) is 0 Å². The number of nitrogens with one attached hydrogen (secondary N) is 2. The Bertz CT molecular complexity index is 975. The zero-order chi connectivity index (χ0) is 20.5. The smallest absolute Gasteiger partial charge is 0.262 e. The quantitative estimate of drug-likeness (QED) is 0.740. The summed E-state index contributed by atoms with van der Waals surface area (Å²) in [6.07, 6.45) is 1.65. The first-order chi connectivity index (χ1) is 13.1. The van der Waals surface area contributed by atoms with E-state index < -0.39 is 15.4 Å². The summed E-state index contributed by atoms with van der Waals surface area (Å²) in [6, 6.07) is 12.5. The number of rotatable bonds is 7. The zero-order valence-electron chi connectivity index (χ0n) is 16.9. The summed E-state index contributed by atoms with van der Waals surface area (Å²) < 4.78 is 28.1. The van der Waals surface area contributed by atoms with Gasteiger partial charge in [0.2, 0.25) is 5.91 Å². The van der Waals surface area contributed by atoms with Crippen LogP contribution in [0.15, 0.2) is 47.4 Å². The molecule has 2 aromatic rings. The summed E-state index contributed by atoms with van der Waals surface area (Å²) in [5.41, 5.74) is 2.56. The lowest BCUT2D eigenvalue weighted by Gasteiger charge is -2.17. The van der Waals surface area contributed by atoms with Crippen molar-refractivity contribution in [1.29, 1.82) is 0 Å². The summed E-state index contributed by atoms with van der Waals surface area (Å²) in [6.45, 7) is 8.44. The summed E-state index contributed by atoms with van der Waals surface area (Å²) in [7, 11) is -3.66. The number of benzene rings is 2. The van der Waals surface area contributed by atoms with E-state index in [-0.39, 0.29) is 10.8 Å².